The van der Waals surface area contributed by atoms with Gasteiger partial charge in [-0.25, -0.2) is 4.39 Å². The summed E-state index contributed by atoms with van der Waals surface area (Å²) in [5.74, 6) is -0.248. The van der Waals surface area contributed by atoms with E-state index in [-0.39, 0.29) is 42.0 Å². The Morgan fingerprint density at radius 1 is 1.03 bits per heavy atom. The number of hydrogen-bond donors (Lipinski definition) is 0. The Morgan fingerprint density at radius 2 is 1.57 bits per heavy atom. The van der Waals surface area contributed by atoms with Crippen LogP contribution in [0.25, 0.3) is 0 Å². The summed E-state index contributed by atoms with van der Waals surface area (Å²) >= 11 is 0. The number of carbonyl (C=O) groups excluding carboxylic acids is 1. The maximum absolute atomic E-state index is 13.0. The van der Waals surface area contributed by atoms with E-state index in [9.17, 15) is 35.5 Å². The first-order chi connectivity index (χ1) is 17.1. The maximum Gasteiger partial charge on any atom is 0.416 e. The second-order valence-corrected chi connectivity index (χ2v) is 9.11. The van der Waals surface area contributed by atoms with Crippen LogP contribution in [0.2, 0.25) is 0 Å². The number of benzene rings is 2. The highest BCUT2D eigenvalue weighted by Crippen LogP contribution is 2.36. The number of hydrogen-bond acceptors (Lipinski definition) is 3. The minimum absolute atomic E-state index is 0.0699. The molecule has 3 atom stereocenters. The van der Waals surface area contributed by atoms with Gasteiger partial charge < -0.3 is 9.64 Å². The molecule has 3 rings (SSSR count). The molecule has 3 unspecified atom stereocenters. The molecule has 0 N–H and O–H groups in total. The van der Waals surface area contributed by atoms with Crippen LogP contribution in [0.1, 0.15) is 43.4 Å². The third kappa shape index (κ3) is 8.99. The van der Waals surface area contributed by atoms with Gasteiger partial charge in [-0.05, 0) is 69.8 Å². The minimum atomic E-state index is -4.90. The van der Waals surface area contributed by atoms with E-state index in [1.54, 1.807) is 37.2 Å². The zero-order chi connectivity index (χ0) is 28.0. The molecular weight excluding hydrogens is 505 g/mol. The number of halogens is 7. The lowest BCUT2D eigenvalue weighted by Gasteiger charge is -2.29. The van der Waals surface area contributed by atoms with Crippen molar-refractivity contribution in [2.75, 3.05) is 20.6 Å². The standard InChI is InChI=1S/C20H26F6N2O2.C6H5F/c1-5-17(27(3)4)18(29)28-10-16(6-12(28)2)30-11-13-7-14(19(21,22)23)9-15(8-13)20(24,25)26;7-6-4-2-1-3-5-6/h7-9,12,16-17H,5-6,10-11H2,1-4H3;1-5H. The molecular formula is C26H31F7N2O2. The number of amides is 1. The van der Waals surface area contributed by atoms with Crippen molar-refractivity contribution in [2.24, 2.45) is 0 Å². The van der Waals surface area contributed by atoms with E-state index in [0.717, 1.165) is 0 Å². The summed E-state index contributed by atoms with van der Waals surface area (Å²) in [6.07, 6.45) is -9.19. The number of alkyl halides is 6. The van der Waals surface area contributed by atoms with Crippen LogP contribution in [0.15, 0.2) is 48.5 Å². The number of nitrogens with zero attached hydrogens (tertiary/aromatic N) is 2. The molecule has 2 aromatic carbocycles. The van der Waals surface area contributed by atoms with Crippen molar-refractivity contribution in [3.05, 3.63) is 71.0 Å². The number of likely N-dealkylation sites (tertiary alicyclic amines) is 1. The smallest absolute Gasteiger partial charge is 0.372 e. The normalized spacial score (nSPS) is 19.0. The molecule has 37 heavy (non-hydrogen) atoms. The van der Waals surface area contributed by atoms with E-state index >= 15 is 0 Å². The molecule has 1 saturated heterocycles. The number of rotatable bonds is 6. The predicted octanol–water partition coefficient (Wildman–Crippen LogP) is 6.40. The average Bonchev–Trinajstić information content (AvgIpc) is 3.18. The molecule has 1 fully saturated rings. The molecule has 0 saturated carbocycles. The lowest BCUT2D eigenvalue weighted by Crippen LogP contribution is -2.47. The lowest BCUT2D eigenvalue weighted by molar-refractivity contribution is -0.143. The molecule has 11 heteroatoms. The molecule has 1 aliphatic rings. The summed E-state index contributed by atoms with van der Waals surface area (Å²) in [6, 6.07) is 8.92. The van der Waals surface area contributed by atoms with Crippen LogP contribution in [-0.4, -0.2) is 54.5 Å². The summed E-state index contributed by atoms with van der Waals surface area (Å²) < 4.78 is 95.4. The highest BCUT2D eigenvalue weighted by atomic mass is 19.4. The van der Waals surface area contributed by atoms with E-state index in [2.05, 4.69) is 0 Å². The van der Waals surface area contributed by atoms with Crippen LogP contribution in [0.3, 0.4) is 0 Å². The fourth-order valence-corrected chi connectivity index (χ4v) is 4.09. The highest BCUT2D eigenvalue weighted by molar-refractivity contribution is 5.82. The Kier molecular flexibility index (Phi) is 10.5. The molecule has 1 aliphatic heterocycles. The summed E-state index contributed by atoms with van der Waals surface area (Å²) in [7, 11) is 3.60. The summed E-state index contributed by atoms with van der Waals surface area (Å²) in [5, 5.41) is 0. The van der Waals surface area contributed by atoms with Gasteiger partial charge in [0.1, 0.15) is 5.82 Å². The Bertz CT molecular complexity index is 978. The Balaban J connectivity index is 0.000000591. The Morgan fingerprint density at radius 3 is 1.97 bits per heavy atom. The maximum atomic E-state index is 13.0. The van der Waals surface area contributed by atoms with Gasteiger partial charge in [-0.1, -0.05) is 25.1 Å². The Labute approximate surface area is 212 Å². The molecule has 0 radical (unpaired) electrons. The fraction of sp³-hybridized carbons (Fsp3) is 0.500. The molecule has 4 nitrogen and oxygen atoms in total. The van der Waals surface area contributed by atoms with Gasteiger partial charge in [0, 0.05) is 12.6 Å². The molecule has 206 valence electrons. The van der Waals surface area contributed by atoms with Gasteiger partial charge >= 0.3 is 12.4 Å². The summed E-state index contributed by atoms with van der Waals surface area (Å²) in [5.41, 5.74) is -2.96. The van der Waals surface area contributed by atoms with Crippen molar-refractivity contribution in [1.82, 2.24) is 9.80 Å². The molecule has 2 aromatic rings. The predicted molar refractivity (Wildman–Crippen MR) is 125 cm³/mol. The van der Waals surface area contributed by atoms with Crippen molar-refractivity contribution in [1.29, 1.82) is 0 Å². The molecule has 0 aliphatic carbocycles. The first-order valence-electron chi connectivity index (χ1n) is 11.7. The van der Waals surface area contributed by atoms with Crippen molar-refractivity contribution < 1.29 is 40.3 Å². The number of likely N-dealkylation sites (N-methyl/N-ethyl adjacent to an activating group) is 1. The van der Waals surface area contributed by atoms with Gasteiger partial charge in [0.05, 0.1) is 29.9 Å². The quantitative estimate of drug-likeness (QED) is 0.401. The van der Waals surface area contributed by atoms with E-state index in [1.165, 1.54) is 12.1 Å². The van der Waals surface area contributed by atoms with Crippen molar-refractivity contribution in [3.8, 4) is 0 Å². The summed E-state index contributed by atoms with van der Waals surface area (Å²) in [4.78, 5) is 16.2. The zero-order valence-corrected chi connectivity index (χ0v) is 21.0. The SMILES string of the molecule is CCC(C(=O)N1CC(OCc2cc(C(F)(F)F)cc(C(F)(F)F)c2)CC1C)N(C)C.Fc1ccccc1. The Hall–Kier alpha value is -2.66. The summed E-state index contributed by atoms with van der Waals surface area (Å²) in [6.45, 7) is 3.57. The fourth-order valence-electron chi connectivity index (χ4n) is 4.09. The first-order valence-corrected chi connectivity index (χ1v) is 11.7. The minimum Gasteiger partial charge on any atom is -0.372 e. The first kappa shape index (κ1) is 30.6. The van der Waals surface area contributed by atoms with Gasteiger partial charge in [-0.15, -0.1) is 0 Å². The third-order valence-corrected chi connectivity index (χ3v) is 5.98. The van der Waals surface area contributed by atoms with Gasteiger partial charge in [0.15, 0.2) is 0 Å². The van der Waals surface area contributed by atoms with Crippen LogP contribution in [-0.2, 0) is 28.5 Å². The van der Waals surface area contributed by atoms with Gasteiger partial charge in [-0.3, -0.25) is 9.69 Å². The molecule has 1 heterocycles. The van der Waals surface area contributed by atoms with Gasteiger partial charge in [0.2, 0.25) is 5.91 Å². The molecule has 0 bridgehead atoms. The monoisotopic (exact) mass is 536 g/mol. The van der Waals surface area contributed by atoms with Crippen LogP contribution >= 0.6 is 0 Å². The zero-order valence-electron chi connectivity index (χ0n) is 21.0. The van der Waals surface area contributed by atoms with Crippen molar-refractivity contribution in [2.45, 2.75) is 63.8 Å². The van der Waals surface area contributed by atoms with E-state index in [1.807, 2.05) is 18.7 Å². The second kappa shape index (κ2) is 12.7. The molecule has 1 amide bonds. The highest BCUT2D eigenvalue weighted by Gasteiger charge is 2.38. The lowest BCUT2D eigenvalue weighted by atomic mass is 10.1. The van der Waals surface area contributed by atoms with Crippen LogP contribution in [0, 0.1) is 5.82 Å². The van der Waals surface area contributed by atoms with Crippen LogP contribution in [0.4, 0.5) is 30.7 Å². The molecule has 0 spiro atoms. The van der Waals surface area contributed by atoms with E-state index < -0.39 is 36.2 Å². The van der Waals surface area contributed by atoms with Crippen LogP contribution < -0.4 is 0 Å². The third-order valence-electron chi connectivity index (χ3n) is 5.98. The average molecular weight is 537 g/mol. The van der Waals surface area contributed by atoms with E-state index in [0.29, 0.717) is 25.0 Å². The number of ether oxygens (including phenoxy) is 1. The number of carbonyl (C=O) groups is 1. The topological polar surface area (TPSA) is 32.8 Å². The largest absolute Gasteiger partial charge is 0.416 e. The van der Waals surface area contributed by atoms with Gasteiger partial charge in [-0.2, -0.15) is 26.3 Å². The van der Waals surface area contributed by atoms with E-state index in [4.69, 9.17) is 4.74 Å². The van der Waals surface area contributed by atoms with Crippen molar-refractivity contribution >= 4 is 5.91 Å². The van der Waals surface area contributed by atoms with Crippen LogP contribution in [0.5, 0.6) is 0 Å². The second-order valence-electron chi connectivity index (χ2n) is 9.11. The van der Waals surface area contributed by atoms with Gasteiger partial charge in [0.25, 0.3) is 0 Å². The molecule has 0 aromatic heterocycles. The van der Waals surface area contributed by atoms with Crippen molar-refractivity contribution in [3.63, 3.8) is 0 Å².